The smallest absolute Gasteiger partial charge is 0.241 e. The molecular weight excluding hydrogens is 328 g/mol. The number of halogens is 2. The Morgan fingerprint density at radius 3 is 2.71 bits per heavy atom. The molecule has 0 spiro atoms. The molecule has 1 aromatic rings. The molecule has 0 saturated heterocycles. The summed E-state index contributed by atoms with van der Waals surface area (Å²) in [6.07, 6.45) is 0. The fraction of sp³-hybridized carbons (Fsp3) is 0.200. The number of nitrogens with one attached hydrogen (secondary N) is 1. The third-order valence-electron chi connectivity index (χ3n) is 2.04. The third kappa shape index (κ3) is 3.70. The zero-order valence-corrected chi connectivity index (χ0v) is 12.3. The molecule has 94 valence electrons. The van der Waals surface area contributed by atoms with Gasteiger partial charge < -0.3 is 5.73 Å². The minimum Gasteiger partial charge on any atom is -0.398 e. The molecule has 0 heterocycles. The Bertz CT molecular complexity index is 558. The van der Waals surface area contributed by atoms with Gasteiger partial charge in [-0.1, -0.05) is 18.2 Å². The average molecular weight is 340 g/mol. The van der Waals surface area contributed by atoms with Gasteiger partial charge in [-0.3, -0.25) is 0 Å². The lowest BCUT2D eigenvalue weighted by atomic mass is 10.2. The number of nitrogens with two attached hydrogens (primary N) is 1. The van der Waals surface area contributed by atoms with Gasteiger partial charge in [-0.2, -0.15) is 0 Å². The first-order valence-electron chi connectivity index (χ1n) is 4.62. The first-order chi connectivity index (χ1) is 7.74. The second kappa shape index (κ2) is 5.39. The number of anilines is 1. The molecule has 0 atom stereocenters. The fourth-order valence-corrected chi connectivity index (χ4v) is 3.10. The molecule has 0 radical (unpaired) electrons. The number of sulfonamides is 1. The Kier molecular flexibility index (Phi) is 4.60. The molecular formula is C10H12BrClN2O2S. The predicted molar refractivity (Wildman–Crippen MR) is 73.5 cm³/mol. The molecule has 0 aliphatic rings. The van der Waals surface area contributed by atoms with E-state index in [0.29, 0.717) is 15.7 Å². The van der Waals surface area contributed by atoms with E-state index in [9.17, 15) is 8.42 Å². The van der Waals surface area contributed by atoms with Gasteiger partial charge in [-0.05, 0) is 40.5 Å². The minimum atomic E-state index is -3.62. The Balaban J connectivity index is 3.15. The molecule has 0 bridgehead atoms. The number of hydrogen-bond acceptors (Lipinski definition) is 3. The maximum absolute atomic E-state index is 11.9. The van der Waals surface area contributed by atoms with Crippen LogP contribution in [0.5, 0.6) is 0 Å². The second-order valence-corrected chi connectivity index (χ2v) is 6.61. The molecule has 0 unspecified atom stereocenters. The van der Waals surface area contributed by atoms with Gasteiger partial charge in [-0.15, -0.1) is 0 Å². The van der Waals surface area contributed by atoms with E-state index in [1.807, 2.05) is 0 Å². The van der Waals surface area contributed by atoms with Gasteiger partial charge >= 0.3 is 0 Å². The normalized spacial score (nSPS) is 11.5. The zero-order valence-electron chi connectivity index (χ0n) is 9.13. The van der Waals surface area contributed by atoms with Crippen molar-refractivity contribution in [3.63, 3.8) is 0 Å². The average Bonchev–Trinajstić information content (AvgIpc) is 2.20. The van der Waals surface area contributed by atoms with Crippen molar-refractivity contribution in [3.05, 3.63) is 33.8 Å². The standard InChI is InChI=1S/C10H12BrClN2O2S/c1-6-3-8(11)9(13)4-10(6)17(15,16)14-5-7(2)12/h3-4,14H,2,5,13H2,1H3. The van der Waals surface area contributed by atoms with Crippen molar-refractivity contribution in [2.24, 2.45) is 0 Å². The number of rotatable bonds is 4. The van der Waals surface area contributed by atoms with Crippen LogP contribution in [0.2, 0.25) is 0 Å². The SMILES string of the molecule is C=C(Cl)CNS(=O)(=O)c1cc(N)c(Br)cc1C. The quantitative estimate of drug-likeness (QED) is 0.827. The van der Waals surface area contributed by atoms with E-state index < -0.39 is 10.0 Å². The molecule has 7 heteroatoms. The van der Waals surface area contributed by atoms with Gasteiger partial charge in [-0.25, -0.2) is 13.1 Å². The highest BCUT2D eigenvalue weighted by atomic mass is 79.9. The molecule has 0 fully saturated rings. The van der Waals surface area contributed by atoms with E-state index in [1.165, 1.54) is 6.07 Å². The summed E-state index contributed by atoms with van der Waals surface area (Å²) in [5.41, 5.74) is 6.62. The molecule has 0 aliphatic heterocycles. The number of hydrogen-bond donors (Lipinski definition) is 2. The molecule has 0 saturated carbocycles. The monoisotopic (exact) mass is 338 g/mol. The van der Waals surface area contributed by atoms with Gasteiger partial charge in [0.25, 0.3) is 0 Å². The zero-order chi connectivity index (χ0) is 13.2. The van der Waals surface area contributed by atoms with E-state index >= 15 is 0 Å². The molecule has 1 rings (SSSR count). The summed E-state index contributed by atoms with van der Waals surface area (Å²) < 4.78 is 26.9. The van der Waals surface area contributed by atoms with Gasteiger partial charge in [0.05, 0.1) is 4.90 Å². The van der Waals surface area contributed by atoms with Crippen LogP contribution in [0.25, 0.3) is 0 Å². The summed E-state index contributed by atoms with van der Waals surface area (Å²) in [5.74, 6) is 0. The van der Waals surface area contributed by atoms with Gasteiger partial charge in [0.2, 0.25) is 10.0 Å². The van der Waals surface area contributed by atoms with Crippen molar-refractivity contribution in [2.75, 3.05) is 12.3 Å². The van der Waals surface area contributed by atoms with Crippen LogP contribution in [-0.4, -0.2) is 15.0 Å². The van der Waals surface area contributed by atoms with Crippen LogP contribution in [-0.2, 0) is 10.0 Å². The largest absolute Gasteiger partial charge is 0.398 e. The van der Waals surface area contributed by atoms with Crippen LogP contribution in [0, 0.1) is 6.92 Å². The first-order valence-corrected chi connectivity index (χ1v) is 7.28. The van der Waals surface area contributed by atoms with Crippen molar-refractivity contribution in [1.82, 2.24) is 4.72 Å². The summed E-state index contributed by atoms with van der Waals surface area (Å²) in [6, 6.07) is 3.05. The highest BCUT2D eigenvalue weighted by Gasteiger charge is 2.17. The highest BCUT2D eigenvalue weighted by molar-refractivity contribution is 9.10. The Labute approximate surface area is 114 Å². The molecule has 0 aliphatic carbocycles. The summed E-state index contributed by atoms with van der Waals surface area (Å²) in [5, 5.41) is 0.219. The van der Waals surface area contributed by atoms with E-state index in [1.54, 1.807) is 13.0 Å². The molecule has 0 aromatic heterocycles. The molecule has 0 amide bonds. The lowest BCUT2D eigenvalue weighted by Crippen LogP contribution is -2.25. The van der Waals surface area contributed by atoms with Gasteiger partial charge in [0.15, 0.2) is 0 Å². The predicted octanol–water partition coefficient (Wildman–Crippen LogP) is 2.37. The van der Waals surface area contributed by atoms with Gasteiger partial charge in [0.1, 0.15) is 0 Å². The van der Waals surface area contributed by atoms with Crippen molar-refractivity contribution >= 4 is 43.2 Å². The molecule has 3 N–H and O–H groups in total. The highest BCUT2D eigenvalue weighted by Crippen LogP contribution is 2.26. The van der Waals surface area contributed by atoms with Crippen molar-refractivity contribution in [2.45, 2.75) is 11.8 Å². The molecule has 4 nitrogen and oxygen atoms in total. The molecule has 17 heavy (non-hydrogen) atoms. The second-order valence-electron chi connectivity index (χ2n) is 3.48. The summed E-state index contributed by atoms with van der Waals surface area (Å²) in [7, 11) is -3.62. The topological polar surface area (TPSA) is 72.2 Å². The van der Waals surface area contributed by atoms with E-state index in [-0.39, 0.29) is 16.5 Å². The Morgan fingerprint density at radius 1 is 1.59 bits per heavy atom. The number of aryl methyl sites for hydroxylation is 1. The van der Waals surface area contributed by atoms with E-state index in [4.69, 9.17) is 17.3 Å². The van der Waals surface area contributed by atoms with Crippen LogP contribution < -0.4 is 10.5 Å². The van der Waals surface area contributed by atoms with Crippen LogP contribution in [0.4, 0.5) is 5.69 Å². The maximum Gasteiger partial charge on any atom is 0.241 e. The minimum absolute atomic E-state index is 0.0146. The van der Waals surface area contributed by atoms with Crippen molar-refractivity contribution in [3.8, 4) is 0 Å². The lowest BCUT2D eigenvalue weighted by molar-refractivity contribution is 0.585. The summed E-state index contributed by atoms with van der Waals surface area (Å²) in [4.78, 5) is 0.135. The number of benzene rings is 1. The summed E-state index contributed by atoms with van der Waals surface area (Å²) in [6.45, 7) is 5.09. The van der Waals surface area contributed by atoms with Crippen LogP contribution in [0.3, 0.4) is 0 Å². The third-order valence-corrected chi connectivity index (χ3v) is 4.40. The van der Waals surface area contributed by atoms with E-state index in [0.717, 1.165) is 0 Å². The van der Waals surface area contributed by atoms with Crippen molar-refractivity contribution < 1.29 is 8.42 Å². The Hall–Kier alpha value is -0.560. The Morgan fingerprint density at radius 2 is 2.18 bits per heavy atom. The maximum atomic E-state index is 11.9. The van der Waals surface area contributed by atoms with Gasteiger partial charge in [0, 0.05) is 21.7 Å². The van der Waals surface area contributed by atoms with Crippen LogP contribution in [0.15, 0.2) is 33.1 Å². The first kappa shape index (κ1) is 14.5. The van der Waals surface area contributed by atoms with E-state index in [2.05, 4.69) is 27.2 Å². The lowest BCUT2D eigenvalue weighted by Gasteiger charge is -2.10. The number of nitrogen functional groups attached to an aromatic ring is 1. The van der Waals surface area contributed by atoms with Crippen molar-refractivity contribution in [1.29, 1.82) is 0 Å². The molecule has 1 aromatic carbocycles. The fourth-order valence-electron chi connectivity index (χ4n) is 1.21. The van der Waals surface area contributed by atoms with Crippen LogP contribution in [0.1, 0.15) is 5.56 Å². The summed E-state index contributed by atoms with van der Waals surface area (Å²) >= 11 is 8.75. The van der Waals surface area contributed by atoms with Crippen LogP contribution >= 0.6 is 27.5 Å².